The molecule has 1 aromatic carbocycles. The molecule has 0 aliphatic heterocycles. The fraction of sp³-hybridized carbons (Fsp3) is 0.667. The van der Waals surface area contributed by atoms with Gasteiger partial charge in [-0.15, -0.1) is 0 Å². The fourth-order valence-electron chi connectivity index (χ4n) is 3.22. The molecule has 0 unspecified atom stereocenters. The molecule has 30 heavy (non-hydrogen) atoms. The average molecular weight is 423 g/mol. The molecule has 0 aromatic heterocycles. The normalized spacial score (nSPS) is 10.6. The van der Waals surface area contributed by atoms with Crippen LogP contribution in [0.15, 0.2) is 18.2 Å². The molecule has 0 saturated carbocycles. The number of carbonyl (C=O) groups excluding carboxylic acids is 2. The summed E-state index contributed by atoms with van der Waals surface area (Å²) >= 11 is 0. The predicted octanol–water partition coefficient (Wildman–Crippen LogP) is 7.16. The molecule has 0 bridgehead atoms. The van der Waals surface area contributed by atoms with E-state index in [0.717, 1.165) is 30.4 Å². The molecule has 0 fully saturated rings. The van der Waals surface area contributed by atoms with Crippen molar-refractivity contribution < 1.29 is 29.1 Å². The van der Waals surface area contributed by atoms with Gasteiger partial charge >= 0.3 is 12.1 Å². The van der Waals surface area contributed by atoms with Crippen molar-refractivity contribution in [3.63, 3.8) is 0 Å². The van der Waals surface area contributed by atoms with Gasteiger partial charge in [0.1, 0.15) is 0 Å². The highest BCUT2D eigenvalue weighted by Crippen LogP contribution is 2.14. The zero-order chi connectivity index (χ0) is 22.0. The third-order valence-corrected chi connectivity index (χ3v) is 5.25. The van der Waals surface area contributed by atoms with E-state index in [1.165, 1.54) is 57.8 Å². The minimum atomic E-state index is -1.02. The van der Waals surface area contributed by atoms with Gasteiger partial charge in [0.25, 0.3) is 0 Å². The van der Waals surface area contributed by atoms with E-state index in [1.807, 2.05) is 13.0 Å². The summed E-state index contributed by atoms with van der Waals surface area (Å²) in [4.78, 5) is 32.1. The Morgan fingerprint density at radius 2 is 1.33 bits per heavy atom. The van der Waals surface area contributed by atoms with Crippen LogP contribution in [0.1, 0.15) is 105 Å². The number of hydrogen-bond acceptors (Lipinski definition) is 6. The van der Waals surface area contributed by atoms with Crippen LogP contribution in [0.3, 0.4) is 0 Å². The Bertz CT molecular complexity index is 614. The summed E-state index contributed by atoms with van der Waals surface area (Å²) in [6.07, 6.45) is 13.8. The monoisotopic (exact) mass is 422 g/mol. The molecule has 6 nitrogen and oxygen atoms in total. The van der Waals surface area contributed by atoms with E-state index >= 15 is 0 Å². The lowest BCUT2D eigenvalue weighted by molar-refractivity contribution is -0.452. The van der Waals surface area contributed by atoms with Crippen molar-refractivity contribution in [2.45, 2.75) is 97.8 Å². The van der Waals surface area contributed by atoms with Crippen LogP contribution in [0.5, 0.6) is 0 Å². The maximum atomic E-state index is 11.9. The van der Waals surface area contributed by atoms with Gasteiger partial charge < -0.3 is 4.74 Å². The maximum absolute atomic E-state index is 11.9. The Morgan fingerprint density at radius 3 is 1.93 bits per heavy atom. The molecule has 0 radical (unpaired) electrons. The molecular formula is C24H38O6. The third-order valence-electron chi connectivity index (χ3n) is 5.25. The molecule has 0 atom stereocenters. The van der Waals surface area contributed by atoms with Gasteiger partial charge in [-0.3, -0.25) is 4.89 Å². The smallest absolute Gasteiger partial charge is 0.432 e. The fourth-order valence-corrected chi connectivity index (χ4v) is 3.22. The molecular weight excluding hydrogens is 384 g/mol. The van der Waals surface area contributed by atoms with Crippen LogP contribution < -0.4 is 0 Å². The molecule has 170 valence electrons. The molecule has 1 rings (SSSR count). The SMILES string of the molecule is CCCCCCCCCCCCCCOC(=O)OOOC(=O)c1cccc(C)c1C. The third kappa shape index (κ3) is 11.8. The van der Waals surface area contributed by atoms with Crippen molar-refractivity contribution in [3.8, 4) is 0 Å². The molecule has 0 heterocycles. The summed E-state index contributed by atoms with van der Waals surface area (Å²) in [5, 5.41) is 4.25. The molecule has 6 heteroatoms. The van der Waals surface area contributed by atoms with Crippen molar-refractivity contribution >= 4 is 12.1 Å². The van der Waals surface area contributed by atoms with Gasteiger partial charge in [0, 0.05) is 0 Å². The zero-order valence-corrected chi connectivity index (χ0v) is 18.9. The van der Waals surface area contributed by atoms with Gasteiger partial charge in [-0.1, -0.05) is 89.7 Å². The highest BCUT2D eigenvalue weighted by atomic mass is 17.5. The first-order valence-corrected chi connectivity index (χ1v) is 11.3. The standard InChI is InChI=1S/C24H38O6/c1-4-5-6-7-8-9-10-11-12-13-14-15-19-27-24(26)29-30-28-23(25)22-18-16-17-20(2)21(22)3/h16-18H,4-15,19H2,1-3H3. The van der Waals surface area contributed by atoms with Gasteiger partial charge in [-0.05, 0) is 37.5 Å². The first kappa shape index (κ1) is 26.0. The van der Waals surface area contributed by atoms with Crippen molar-refractivity contribution in [3.05, 3.63) is 34.9 Å². The second-order valence-corrected chi connectivity index (χ2v) is 7.76. The summed E-state index contributed by atoms with van der Waals surface area (Å²) in [5.41, 5.74) is 2.08. The van der Waals surface area contributed by atoms with E-state index in [1.54, 1.807) is 19.1 Å². The van der Waals surface area contributed by atoms with E-state index in [-0.39, 0.29) is 6.61 Å². The number of benzene rings is 1. The van der Waals surface area contributed by atoms with Gasteiger partial charge in [-0.25, -0.2) is 14.5 Å². The van der Waals surface area contributed by atoms with E-state index in [0.29, 0.717) is 5.56 Å². The summed E-state index contributed by atoms with van der Waals surface area (Å²) in [6, 6.07) is 5.24. The predicted molar refractivity (Wildman–Crippen MR) is 116 cm³/mol. The number of rotatable bonds is 16. The molecule has 0 N–H and O–H groups in total. The van der Waals surface area contributed by atoms with Crippen molar-refractivity contribution in [2.24, 2.45) is 0 Å². The number of carbonyl (C=O) groups is 2. The topological polar surface area (TPSA) is 71.1 Å². The Hall–Kier alpha value is -2.08. The number of hydrogen-bond donors (Lipinski definition) is 0. The van der Waals surface area contributed by atoms with Gasteiger partial charge in [0.05, 0.1) is 17.2 Å². The lowest BCUT2D eigenvalue weighted by Gasteiger charge is -2.07. The molecule has 0 spiro atoms. The largest absolute Gasteiger partial charge is 0.543 e. The Morgan fingerprint density at radius 1 is 0.767 bits per heavy atom. The van der Waals surface area contributed by atoms with Crippen LogP contribution in [-0.4, -0.2) is 18.7 Å². The van der Waals surface area contributed by atoms with Crippen LogP contribution in [0.25, 0.3) is 0 Å². The zero-order valence-electron chi connectivity index (χ0n) is 18.9. The quantitative estimate of drug-likeness (QED) is 0.122. The highest BCUT2D eigenvalue weighted by molar-refractivity contribution is 5.90. The van der Waals surface area contributed by atoms with Gasteiger partial charge in [0.2, 0.25) is 0 Å². The van der Waals surface area contributed by atoms with Crippen LogP contribution in [0.4, 0.5) is 4.79 Å². The van der Waals surface area contributed by atoms with Crippen molar-refractivity contribution in [1.29, 1.82) is 0 Å². The maximum Gasteiger partial charge on any atom is 0.543 e. The Balaban J connectivity index is 1.94. The van der Waals surface area contributed by atoms with E-state index in [9.17, 15) is 9.59 Å². The van der Waals surface area contributed by atoms with E-state index in [4.69, 9.17) is 4.74 Å². The minimum Gasteiger partial charge on any atom is -0.432 e. The summed E-state index contributed by atoms with van der Waals surface area (Å²) in [6.45, 7) is 6.18. The molecule has 0 aliphatic carbocycles. The lowest BCUT2D eigenvalue weighted by atomic mass is 10.0. The van der Waals surface area contributed by atoms with Crippen LogP contribution >= 0.6 is 0 Å². The van der Waals surface area contributed by atoms with Crippen molar-refractivity contribution in [2.75, 3.05) is 6.61 Å². The number of unbranched alkanes of at least 4 members (excludes halogenated alkanes) is 11. The highest BCUT2D eigenvalue weighted by Gasteiger charge is 2.15. The average Bonchev–Trinajstić information content (AvgIpc) is 2.73. The number of aryl methyl sites for hydroxylation is 1. The second-order valence-electron chi connectivity index (χ2n) is 7.76. The van der Waals surface area contributed by atoms with E-state index < -0.39 is 12.1 Å². The Labute approximate surface area is 181 Å². The summed E-state index contributed by atoms with van der Waals surface area (Å²) in [7, 11) is 0. The first-order valence-electron chi connectivity index (χ1n) is 11.3. The van der Waals surface area contributed by atoms with Crippen molar-refractivity contribution in [1.82, 2.24) is 0 Å². The van der Waals surface area contributed by atoms with E-state index in [2.05, 4.69) is 21.7 Å². The molecule has 0 aliphatic rings. The van der Waals surface area contributed by atoms with Gasteiger partial charge in [-0.2, -0.15) is 0 Å². The molecule has 1 aromatic rings. The van der Waals surface area contributed by atoms with Crippen LogP contribution in [0, 0.1) is 13.8 Å². The first-order chi connectivity index (χ1) is 14.6. The molecule has 0 amide bonds. The Kier molecular flexibility index (Phi) is 14.4. The van der Waals surface area contributed by atoms with Gasteiger partial charge in [0.15, 0.2) is 0 Å². The van der Waals surface area contributed by atoms with Crippen LogP contribution in [-0.2, 0) is 19.6 Å². The van der Waals surface area contributed by atoms with Crippen LogP contribution in [0.2, 0.25) is 0 Å². The minimum absolute atomic E-state index is 0.255. The summed E-state index contributed by atoms with van der Waals surface area (Å²) < 4.78 is 4.89. The second kappa shape index (κ2) is 16.7. The number of ether oxygens (including phenoxy) is 1. The summed E-state index contributed by atoms with van der Waals surface area (Å²) in [5.74, 6) is -0.732. The molecule has 0 saturated heterocycles. The lowest BCUT2D eigenvalue weighted by Crippen LogP contribution is -2.13.